The molecule has 21 heavy (non-hydrogen) atoms. The van der Waals surface area contributed by atoms with E-state index in [1.807, 2.05) is 30.3 Å². The number of carbonyl (C=O) groups is 1. The number of fused-ring (bicyclic) bond motifs is 1. The summed E-state index contributed by atoms with van der Waals surface area (Å²) in [6.45, 7) is 0.559. The second kappa shape index (κ2) is 6.01. The number of carbonyl (C=O) groups excluding carboxylic acids is 1. The highest BCUT2D eigenvalue weighted by Crippen LogP contribution is 2.37. The molecule has 0 spiro atoms. The first-order chi connectivity index (χ1) is 10.2. The molecule has 0 radical (unpaired) electrons. The number of ether oxygens (including phenoxy) is 4. The molecule has 0 saturated carbocycles. The molecule has 2 heterocycles. The van der Waals surface area contributed by atoms with Gasteiger partial charge in [0.05, 0.1) is 6.61 Å². The van der Waals surface area contributed by atoms with Crippen molar-refractivity contribution in [2.24, 2.45) is 5.73 Å². The van der Waals surface area contributed by atoms with E-state index in [1.54, 1.807) is 7.11 Å². The van der Waals surface area contributed by atoms with Gasteiger partial charge >= 0.3 is 6.09 Å². The molecule has 2 N–H and O–H groups in total. The monoisotopic (exact) mass is 293 g/mol. The zero-order valence-corrected chi connectivity index (χ0v) is 11.8. The molecular weight excluding hydrogens is 274 g/mol. The SMILES string of the molecule is CO[C@H](C(Cc1ccccc1)OC(N)=O)[C@H]1OC[C@H]2O[C@@H]12. The Morgan fingerprint density at radius 1 is 1.43 bits per heavy atom. The third-order valence-electron chi connectivity index (χ3n) is 3.91. The Morgan fingerprint density at radius 3 is 2.71 bits per heavy atom. The van der Waals surface area contributed by atoms with Crippen molar-refractivity contribution in [1.82, 2.24) is 0 Å². The highest BCUT2D eigenvalue weighted by molar-refractivity contribution is 5.64. The number of primary amides is 1. The molecule has 114 valence electrons. The van der Waals surface area contributed by atoms with Crippen LogP contribution in [0.3, 0.4) is 0 Å². The van der Waals surface area contributed by atoms with E-state index in [4.69, 9.17) is 24.7 Å². The van der Waals surface area contributed by atoms with Crippen molar-refractivity contribution < 1.29 is 23.7 Å². The zero-order valence-electron chi connectivity index (χ0n) is 11.8. The standard InChI is InChI=1S/C15H19NO5/c1-18-12(14-13-11(20-13)8-19-14)10(21-15(16)17)7-9-5-3-2-4-6-9/h2-6,10-14H,7-8H2,1H3,(H2,16,17)/t10?,11-,12-,13-,14-/m1/s1. The first-order valence-corrected chi connectivity index (χ1v) is 6.99. The highest BCUT2D eigenvalue weighted by atomic mass is 16.7. The largest absolute Gasteiger partial charge is 0.443 e. The second-order valence-electron chi connectivity index (χ2n) is 5.30. The van der Waals surface area contributed by atoms with Gasteiger partial charge in [0.15, 0.2) is 0 Å². The minimum atomic E-state index is -0.816. The van der Waals surface area contributed by atoms with Crippen LogP contribution in [0.2, 0.25) is 0 Å². The van der Waals surface area contributed by atoms with E-state index in [0.29, 0.717) is 13.0 Å². The van der Waals surface area contributed by atoms with Crippen molar-refractivity contribution in [2.45, 2.75) is 36.9 Å². The summed E-state index contributed by atoms with van der Waals surface area (Å²) >= 11 is 0. The quantitative estimate of drug-likeness (QED) is 0.787. The Bertz CT molecular complexity index is 494. The van der Waals surface area contributed by atoms with Gasteiger partial charge in [0.25, 0.3) is 0 Å². The van der Waals surface area contributed by atoms with Crippen LogP contribution in [0.25, 0.3) is 0 Å². The minimum Gasteiger partial charge on any atom is -0.443 e. The predicted octanol–water partition coefficient (Wildman–Crippen LogP) is 0.874. The van der Waals surface area contributed by atoms with Gasteiger partial charge in [0, 0.05) is 13.5 Å². The molecule has 2 aliphatic heterocycles. The molecule has 1 aromatic carbocycles. The maximum atomic E-state index is 11.2. The first kappa shape index (κ1) is 14.3. The number of benzene rings is 1. The molecule has 6 nitrogen and oxygen atoms in total. The lowest BCUT2D eigenvalue weighted by Crippen LogP contribution is -2.46. The molecule has 0 bridgehead atoms. The van der Waals surface area contributed by atoms with Crippen LogP contribution in [0.4, 0.5) is 4.79 Å². The van der Waals surface area contributed by atoms with Gasteiger partial charge in [0.2, 0.25) is 0 Å². The summed E-state index contributed by atoms with van der Waals surface area (Å²) in [5, 5.41) is 0. The lowest BCUT2D eigenvalue weighted by Gasteiger charge is -2.29. The summed E-state index contributed by atoms with van der Waals surface area (Å²) in [5.41, 5.74) is 6.23. The molecule has 2 saturated heterocycles. The van der Waals surface area contributed by atoms with Crippen LogP contribution in [0.5, 0.6) is 0 Å². The molecule has 2 fully saturated rings. The van der Waals surface area contributed by atoms with E-state index < -0.39 is 18.3 Å². The minimum absolute atomic E-state index is 0.0321. The summed E-state index contributed by atoms with van der Waals surface area (Å²) in [5.74, 6) is 0. The lowest BCUT2D eigenvalue weighted by molar-refractivity contribution is -0.112. The highest BCUT2D eigenvalue weighted by Gasteiger charge is 2.56. The number of rotatable bonds is 6. The molecule has 1 unspecified atom stereocenters. The maximum absolute atomic E-state index is 11.2. The van der Waals surface area contributed by atoms with Crippen molar-refractivity contribution in [1.29, 1.82) is 0 Å². The molecule has 0 aliphatic carbocycles. The van der Waals surface area contributed by atoms with Crippen LogP contribution in [0, 0.1) is 0 Å². The molecule has 1 amide bonds. The van der Waals surface area contributed by atoms with E-state index in [0.717, 1.165) is 5.56 Å². The van der Waals surface area contributed by atoms with Gasteiger partial charge in [-0.15, -0.1) is 0 Å². The van der Waals surface area contributed by atoms with E-state index in [1.165, 1.54) is 0 Å². The Kier molecular flexibility index (Phi) is 4.10. The molecule has 3 rings (SSSR count). The molecule has 2 aliphatic rings. The van der Waals surface area contributed by atoms with Crippen LogP contribution >= 0.6 is 0 Å². The molecule has 1 aromatic rings. The number of hydrogen-bond donors (Lipinski definition) is 1. The van der Waals surface area contributed by atoms with Crippen molar-refractivity contribution >= 4 is 6.09 Å². The van der Waals surface area contributed by atoms with Gasteiger partial charge in [-0.1, -0.05) is 30.3 Å². The molecule has 6 heteroatoms. The number of methoxy groups -OCH3 is 1. The Morgan fingerprint density at radius 2 is 2.19 bits per heavy atom. The van der Waals surface area contributed by atoms with Crippen LogP contribution in [0.15, 0.2) is 30.3 Å². The van der Waals surface area contributed by atoms with Gasteiger partial charge in [-0.3, -0.25) is 0 Å². The molecule has 0 aromatic heterocycles. The topological polar surface area (TPSA) is 83.3 Å². The van der Waals surface area contributed by atoms with Crippen LogP contribution in [-0.2, 0) is 25.4 Å². The van der Waals surface area contributed by atoms with Crippen molar-refractivity contribution in [3.63, 3.8) is 0 Å². The number of epoxide rings is 1. The van der Waals surface area contributed by atoms with Gasteiger partial charge in [0.1, 0.15) is 30.5 Å². The maximum Gasteiger partial charge on any atom is 0.404 e. The van der Waals surface area contributed by atoms with E-state index in [9.17, 15) is 4.79 Å². The number of amides is 1. The molecule has 5 atom stereocenters. The summed E-state index contributed by atoms with van der Waals surface area (Å²) in [6, 6.07) is 9.74. The summed E-state index contributed by atoms with van der Waals surface area (Å²) in [4.78, 5) is 11.2. The third kappa shape index (κ3) is 3.18. The van der Waals surface area contributed by atoms with Gasteiger partial charge in [-0.2, -0.15) is 0 Å². The normalized spacial score (nSPS) is 29.5. The van der Waals surface area contributed by atoms with Gasteiger partial charge in [-0.25, -0.2) is 4.79 Å². The van der Waals surface area contributed by atoms with Crippen LogP contribution < -0.4 is 5.73 Å². The van der Waals surface area contributed by atoms with Crippen LogP contribution in [-0.4, -0.2) is 50.3 Å². The van der Waals surface area contributed by atoms with Crippen molar-refractivity contribution in [3.8, 4) is 0 Å². The van der Waals surface area contributed by atoms with E-state index in [-0.39, 0.29) is 18.3 Å². The van der Waals surface area contributed by atoms with Crippen LogP contribution in [0.1, 0.15) is 5.56 Å². The molecular formula is C15H19NO5. The number of hydrogen-bond acceptors (Lipinski definition) is 5. The fourth-order valence-corrected chi connectivity index (χ4v) is 2.88. The fourth-order valence-electron chi connectivity index (χ4n) is 2.88. The number of nitrogens with two attached hydrogens (primary N) is 1. The summed E-state index contributed by atoms with van der Waals surface area (Å²) in [6.07, 6.45) is -1.27. The second-order valence-corrected chi connectivity index (χ2v) is 5.30. The van der Waals surface area contributed by atoms with Crippen molar-refractivity contribution in [2.75, 3.05) is 13.7 Å². The predicted molar refractivity (Wildman–Crippen MR) is 73.8 cm³/mol. The van der Waals surface area contributed by atoms with Gasteiger partial charge < -0.3 is 24.7 Å². The van der Waals surface area contributed by atoms with E-state index >= 15 is 0 Å². The average molecular weight is 293 g/mol. The fraction of sp³-hybridized carbons (Fsp3) is 0.533. The first-order valence-electron chi connectivity index (χ1n) is 6.99. The Balaban J connectivity index is 1.74. The smallest absolute Gasteiger partial charge is 0.404 e. The third-order valence-corrected chi connectivity index (χ3v) is 3.91. The van der Waals surface area contributed by atoms with E-state index in [2.05, 4.69) is 0 Å². The zero-order chi connectivity index (χ0) is 14.8. The summed E-state index contributed by atoms with van der Waals surface area (Å²) in [7, 11) is 1.58. The van der Waals surface area contributed by atoms with Crippen molar-refractivity contribution in [3.05, 3.63) is 35.9 Å². The van der Waals surface area contributed by atoms with Gasteiger partial charge in [-0.05, 0) is 5.56 Å². The summed E-state index contributed by atoms with van der Waals surface area (Å²) < 4.78 is 22.0. The Labute approximate surface area is 123 Å². The Hall–Kier alpha value is -1.63. The average Bonchev–Trinajstić information content (AvgIpc) is 3.14. The lowest BCUT2D eigenvalue weighted by atomic mass is 9.98.